The van der Waals surface area contributed by atoms with E-state index in [1.54, 1.807) is 20.8 Å². The molecule has 1 amide bonds. The molecule has 0 radical (unpaired) electrons. The van der Waals surface area contributed by atoms with Crippen LogP contribution in [-0.4, -0.2) is 85.0 Å². The third-order valence-electron chi connectivity index (χ3n) is 14.9. The van der Waals surface area contributed by atoms with Crippen molar-refractivity contribution in [3.05, 3.63) is 75.2 Å². The molecule has 1 saturated heterocycles. The highest BCUT2D eigenvalue weighted by Crippen LogP contribution is 2.62. The molecule has 3 heterocycles. The lowest BCUT2D eigenvalue weighted by Gasteiger charge is -2.54. The van der Waals surface area contributed by atoms with E-state index in [4.69, 9.17) is 33.6 Å². The quantitative estimate of drug-likeness (QED) is 0.122. The molecule has 0 spiro atoms. The number of aromatic nitrogens is 1. The Balaban J connectivity index is 1.42. The number of benzene rings is 2. The van der Waals surface area contributed by atoms with E-state index >= 15 is 22.8 Å². The van der Waals surface area contributed by atoms with Gasteiger partial charge in [-0.25, -0.2) is 4.79 Å². The normalized spacial score (nSPS) is 24.8. The minimum absolute atomic E-state index is 0.0273. The van der Waals surface area contributed by atoms with E-state index < -0.39 is 84.0 Å². The Kier molecular flexibility index (Phi) is 13.4. The molecule has 376 valence electrons. The summed E-state index contributed by atoms with van der Waals surface area (Å²) < 4.78 is 82.4. The average molecular weight is 981 g/mol. The van der Waals surface area contributed by atoms with E-state index in [0.717, 1.165) is 12.0 Å². The molecule has 0 saturated carbocycles. The molecule has 3 aromatic rings. The lowest BCUT2D eigenvalue weighted by Crippen LogP contribution is -2.64. The van der Waals surface area contributed by atoms with Gasteiger partial charge in [0.1, 0.15) is 22.7 Å². The number of hydrogen-bond acceptors (Lipinski definition) is 13. The first-order valence-electron chi connectivity index (χ1n) is 24.4. The van der Waals surface area contributed by atoms with Gasteiger partial charge >= 0.3 is 12.5 Å². The largest absolute Gasteiger partial charge is 0.573 e. The van der Waals surface area contributed by atoms with Crippen molar-refractivity contribution < 1.29 is 60.6 Å². The van der Waals surface area contributed by atoms with Crippen LogP contribution in [-0.2, 0) is 22.1 Å². The number of nitrogens with zero attached hydrogens (tertiary/aromatic N) is 3. The summed E-state index contributed by atoms with van der Waals surface area (Å²) in [7, 11) is -3.11. The first kappa shape index (κ1) is 50.5. The van der Waals surface area contributed by atoms with Crippen LogP contribution in [0.5, 0.6) is 17.4 Å². The molecule has 3 N–H and O–H groups in total. The van der Waals surface area contributed by atoms with Gasteiger partial charge in [0.2, 0.25) is 5.78 Å². The lowest BCUT2D eigenvalue weighted by atomic mass is 9.58. The zero-order valence-corrected chi connectivity index (χ0v) is 42.4. The number of carbonyl (C=O) groups excluding carboxylic acids is 3. The summed E-state index contributed by atoms with van der Waals surface area (Å²) in [4.78, 5) is 49.4. The van der Waals surface area contributed by atoms with Gasteiger partial charge in [-0.1, -0.05) is 77.8 Å². The molecule has 1 aromatic heterocycles. The maximum absolute atomic E-state index is 15.9. The standard InChI is InChI=1S/C51H67F3N4O10Si/c1-11-13-22-63-43-34-31(41(65-51(52,53)54)35-38-29(20-21-57(38)26-28-18-16-15-17-19-28)27-58(39(35)43)47(62)66-48(3,4)5)24-30-25-32-37(55)42-36(46(56-67-42)64-23-14-12-2)45(61)50(32,44(60)33(30)40(34)59)68-69(9,10)49(6,7)8/h15-19,29-30,32,37-38,60H,11-14,20-27,55H2,1-10H3/t29?,30-,32-,37-,38?,50-/m0/s1. The number of carbonyl (C=O) groups is 3. The molecule has 2 aliphatic heterocycles. The van der Waals surface area contributed by atoms with Gasteiger partial charge in [0.15, 0.2) is 31.2 Å². The van der Waals surface area contributed by atoms with Crippen molar-refractivity contribution in [1.82, 2.24) is 10.1 Å². The number of anilines is 1. The smallest absolute Gasteiger partial charge is 0.508 e. The summed E-state index contributed by atoms with van der Waals surface area (Å²) in [6, 6.07) is 7.73. The van der Waals surface area contributed by atoms with Gasteiger partial charge in [-0.05, 0) is 100 Å². The predicted molar refractivity (Wildman–Crippen MR) is 253 cm³/mol. The number of fused-ring (bicyclic) bond motifs is 7. The first-order valence-corrected chi connectivity index (χ1v) is 27.3. The highest BCUT2D eigenvalue weighted by Gasteiger charge is 2.67. The summed E-state index contributed by atoms with van der Waals surface area (Å²) in [5.41, 5.74) is 4.09. The molecular formula is C51H67F3N4O10Si. The summed E-state index contributed by atoms with van der Waals surface area (Å²) in [6.45, 7) is 19.9. The average Bonchev–Trinajstić information content (AvgIpc) is 3.87. The van der Waals surface area contributed by atoms with E-state index in [-0.39, 0.29) is 89.4 Å². The number of rotatable bonds is 13. The second-order valence-electron chi connectivity index (χ2n) is 21.8. The molecule has 14 nitrogen and oxygen atoms in total. The molecule has 8 rings (SSSR count). The van der Waals surface area contributed by atoms with Gasteiger partial charge in [0.25, 0.3) is 5.88 Å². The van der Waals surface area contributed by atoms with Gasteiger partial charge < -0.3 is 38.7 Å². The van der Waals surface area contributed by atoms with Crippen molar-refractivity contribution in [3.63, 3.8) is 0 Å². The van der Waals surface area contributed by atoms with Crippen LogP contribution in [0.1, 0.15) is 149 Å². The summed E-state index contributed by atoms with van der Waals surface area (Å²) in [5, 5.41) is 16.7. The van der Waals surface area contributed by atoms with Crippen molar-refractivity contribution in [2.75, 3.05) is 31.2 Å². The predicted octanol–water partition coefficient (Wildman–Crippen LogP) is 11.1. The second-order valence-corrected chi connectivity index (χ2v) is 26.5. The molecule has 1 fully saturated rings. The number of ketones is 2. The highest BCUT2D eigenvalue weighted by atomic mass is 28.4. The van der Waals surface area contributed by atoms with Crippen LogP contribution in [0.15, 0.2) is 46.2 Å². The molecular weight excluding hydrogens is 914 g/mol. The topological polar surface area (TPSA) is 176 Å². The Hall–Kier alpha value is -4.91. The van der Waals surface area contributed by atoms with Crippen LogP contribution in [0.25, 0.3) is 0 Å². The number of nitrogens with two attached hydrogens (primary N) is 1. The van der Waals surface area contributed by atoms with E-state index in [9.17, 15) is 9.90 Å². The Morgan fingerprint density at radius 1 is 0.986 bits per heavy atom. The molecule has 3 aliphatic carbocycles. The zero-order chi connectivity index (χ0) is 50.2. The number of amides is 1. The molecule has 2 unspecified atom stereocenters. The Bertz CT molecular complexity index is 2510. The van der Waals surface area contributed by atoms with E-state index in [1.165, 1.54) is 4.90 Å². The minimum Gasteiger partial charge on any atom is -0.508 e. The van der Waals surface area contributed by atoms with Crippen LogP contribution >= 0.6 is 0 Å². The monoisotopic (exact) mass is 980 g/mol. The fourth-order valence-electron chi connectivity index (χ4n) is 10.7. The Morgan fingerprint density at radius 2 is 1.65 bits per heavy atom. The highest BCUT2D eigenvalue weighted by molar-refractivity contribution is 6.74. The van der Waals surface area contributed by atoms with Crippen molar-refractivity contribution in [1.29, 1.82) is 0 Å². The van der Waals surface area contributed by atoms with Crippen molar-refractivity contribution in [3.8, 4) is 17.4 Å². The van der Waals surface area contributed by atoms with E-state index in [0.29, 0.717) is 38.8 Å². The number of likely N-dealkylation sites (tertiary alicyclic amines) is 1. The van der Waals surface area contributed by atoms with Gasteiger partial charge in [0.05, 0.1) is 30.5 Å². The van der Waals surface area contributed by atoms with Crippen molar-refractivity contribution in [2.24, 2.45) is 23.5 Å². The third kappa shape index (κ3) is 8.96. The van der Waals surface area contributed by atoms with E-state index in [2.05, 4.69) is 10.1 Å². The second kappa shape index (κ2) is 18.4. The Labute approximate surface area is 403 Å². The lowest BCUT2D eigenvalue weighted by molar-refractivity contribution is -0.275. The summed E-state index contributed by atoms with van der Waals surface area (Å²) in [6.07, 6.45) is -3.30. The third-order valence-corrected chi connectivity index (χ3v) is 19.3. The fourth-order valence-corrected chi connectivity index (χ4v) is 12.1. The number of aliphatic hydroxyl groups is 1. The fraction of sp³-hybridized carbons (Fsp3) is 0.608. The number of halogens is 3. The molecule has 0 bridgehead atoms. The molecule has 6 atom stereocenters. The van der Waals surface area contributed by atoms with Gasteiger partial charge in [-0.2, -0.15) is 0 Å². The maximum atomic E-state index is 15.9. The minimum atomic E-state index is -5.25. The number of hydrogen-bond donors (Lipinski definition) is 2. The van der Waals surface area contributed by atoms with Crippen molar-refractivity contribution in [2.45, 2.75) is 155 Å². The van der Waals surface area contributed by atoms with Gasteiger partial charge in [-0.3, -0.25) is 19.4 Å². The van der Waals surface area contributed by atoms with Crippen LogP contribution in [0.3, 0.4) is 0 Å². The number of allylic oxidation sites excluding steroid dienone is 1. The van der Waals surface area contributed by atoms with Gasteiger partial charge in [-0.15, -0.1) is 13.2 Å². The van der Waals surface area contributed by atoms with Crippen molar-refractivity contribution >= 4 is 31.7 Å². The molecule has 69 heavy (non-hydrogen) atoms. The molecule has 18 heteroatoms. The number of unbranched alkanes of at least 4 members (excludes halogenated alkanes) is 2. The van der Waals surface area contributed by atoms with Crippen LogP contribution in [0.2, 0.25) is 18.1 Å². The number of ether oxygens (including phenoxy) is 4. The first-order chi connectivity index (χ1) is 32.3. The van der Waals surface area contributed by atoms with Crippen LogP contribution in [0, 0.1) is 17.8 Å². The summed E-state index contributed by atoms with van der Waals surface area (Å²) >= 11 is 0. The van der Waals surface area contributed by atoms with Gasteiger partial charge in [0, 0.05) is 41.7 Å². The molecule has 2 aromatic carbocycles. The maximum Gasteiger partial charge on any atom is 0.573 e. The van der Waals surface area contributed by atoms with Crippen LogP contribution < -0.4 is 24.8 Å². The molecule has 5 aliphatic rings. The van der Waals surface area contributed by atoms with E-state index in [1.807, 2.05) is 78.0 Å². The van der Waals surface area contributed by atoms with Crippen LogP contribution in [0.4, 0.5) is 23.7 Å². The zero-order valence-electron chi connectivity index (χ0n) is 41.4. The number of alkyl halides is 3. The summed E-state index contributed by atoms with van der Waals surface area (Å²) in [5.74, 6) is -5.54. The SMILES string of the molecule is CCCCOc1noc2c1C(=O)[C@@]1(O[Si](C)(C)C(C)(C)C)C(O)=C3C(=O)c4c(c(OC(F)(F)F)c5c(c4OCCCC)N(C(=O)OC(C)(C)C)CC4CCN(Cc6ccccc6)C54)C[C@H]3C[C@H]1[C@@H]2N. The number of Topliss-reactive ketones (excluding diaryl/α,β-unsaturated/α-hetero) is 2. The number of aliphatic hydroxyl groups excluding tert-OH is 1. The Morgan fingerprint density at radius 3 is 2.28 bits per heavy atom.